The molecule has 142 valence electrons. The van der Waals surface area contributed by atoms with Crippen LogP contribution in [0.15, 0.2) is 47.4 Å². The first kappa shape index (κ1) is 19.9. The first-order chi connectivity index (χ1) is 13.0. The summed E-state index contributed by atoms with van der Waals surface area (Å²) >= 11 is 3.23. The Kier molecular flexibility index (Phi) is 6.52. The second-order valence-corrected chi connectivity index (χ2v) is 8.53. The number of benzene rings is 2. The number of thiazole rings is 1. The molecule has 1 amide bonds. The molecule has 0 saturated heterocycles. The van der Waals surface area contributed by atoms with Crippen molar-refractivity contribution in [2.24, 2.45) is 0 Å². The summed E-state index contributed by atoms with van der Waals surface area (Å²) in [5.74, 6) is 0.00233. The fraction of sp³-hybridized carbons (Fsp3) is 0.333. The molecule has 1 aromatic heterocycles. The van der Waals surface area contributed by atoms with Crippen LogP contribution in [0.1, 0.15) is 22.8 Å². The van der Waals surface area contributed by atoms with Gasteiger partial charge in [-0.3, -0.25) is 9.69 Å². The topological polar surface area (TPSA) is 36.4 Å². The standard InChI is InChI=1S/C21H25N3OS2/c1-5-15-9-10-18-19(13-15)27-21(22-18)24(12-11-23(2)3)20(25)16-7-6-8-17(14-16)26-4/h6-10,13-14H,5,11-12H2,1-4H3. The lowest BCUT2D eigenvalue weighted by molar-refractivity contribution is 0.0985. The van der Waals surface area contributed by atoms with E-state index in [1.54, 1.807) is 23.1 Å². The second kappa shape index (κ2) is 8.87. The minimum absolute atomic E-state index is 0.00233. The Labute approximate surface area is 169 Å². The third-order valence-electron chi connectivity index (χ3n) is 4.41. The predicted octanol–water partition coefficient (Wildman–Crippen LogP) is 4.79. The number of amides is 1. The first-order valence-corrected chi connectivity index (χ1v) is 11.1. The van der Waals surface area contributed by atoms with Crippen molar-refractivity contribution in [1.82, 2.24) is 9.88 Å². The number of anilines is 1. The van der Waals surface area contributed by atoms with Crippen LogP contribution in [0, 0.1) is 0 Å². The Balaban J connectivity index is 1.98. The van der Waals surface area contributed by atoms with Crippen molar-refractivity contribution in [2.75, 3.05) is 38.3 Å². The van der Waals surface area contributed by atoms with E-state index < -0.39 is 0 Å². The van der Waals surface area contributed by atoms with Crippen LogP contribution < -0.4 is 4.90 Å². The summed E-state index contributed by atoms with van der Waals surface area (Å²) in [5.41, 5.74) is 2.94. The van der Waals surface area contributed by atoms with Gasteiger partial charge < -0.3 is 4.90 Å². The molecule has 0 aliphatic heterocycles. The van der Waals surface area contributed by atoms with E-state index in [1.807, 2.05) is 49.5 Å². The fourth-order valence-electron chi connectivity index (χ4n) is 2.79. The molecule has 0 aliphatic rings. The minimum atomic E-state index is 0.00233. The lowest BCUT2D eigenvalue weighted by Gasteiger charge is -2.22. The Morgan fingerprint density at radius 3 is 2.67 bits per heavy atom. The molecule has 0 atom stereocenters. The molecule has 0 N–H and O–H groups in total. The molecule has 1 heterocycles. The molecule has 6 heteroatoms. The minimum Gasteiger partial charge on any atom is -0.308 e. The van der Waals surface area contributed by atoms with E-state index in [-0.39, 0.29) is 5.91 Å². The van der Waals surface area contributed by atoms with E-state index in [0.29, 0.717) is 12.1 Å². The molecular formula is C21H25N3OS2. The van der Waals surface area contributed by atoms with Gasteiger partial charge >= 0.3 is 0 Å². The number of likely N-dealkylation sites (N-methyl/N-ethyl adjacent to an activating group) is 1. The van der Waals surface area contributed by atoms with E-state index in [0.717, 1.165) is 33.2 Å². The van der Waals surface area contributed by atoms with Crippen molar-refractivity contribution < 1.29 is 4.79 Å². The number of fused-ring (bicyclic) bond motifs is 1. The highest BCUT2D eigenvalue weighted by Crippen LogP contribution is 2.31. The van der Waals surface area contributed by atoms with Crippen molar-refractivity contribution in [2.45, 2.75) is 18.2 Å². The lowest BCUT2D eigenvalue weighted by Crippen LogP contribution is -2.36. The van der Waals surface area contributed by atoms with Crippen LogP contribution in [0.25, 0.3) is 10.2 Å². The number of nitrogens with zero attached hydrogens (tertiary/aromatic N) is 3. The van der Waals surface area contributed by atoms with Crippen LogP contribution in [-0.2, 0) is 6.42 Å². The molecule has 0 aliphatic carbocycles. The number of carbonyl (C=O) groups is 1. The summed E-state index contributed by atoms with van der Waals surface area (Å²) in [6, 6.07) is 14.1. The second-order valence-electron chi connectivity index (χ2n) is 6.64. The quantitative estimate of drug-likeness (QED) is 0.535. The van der Waals surface area contributed by atoms with Crippen LogP contribution >= 0.6 is 23.1 Å². The molecule has 0 radical (unpaired) electrons. The molecule has 0 unspecified atom stereocenters. The summed E-state index contributed by atoms with van der Waals surface area (Å²) < 4.78 is 1.13. The number of hydrogen-bond acceptors (Lipinski definition) is 5. The maximum atomic E-state index is 13.3. The van der Waals surface area contributed by atoms with E-state index in [2.05, 4.69) is 30.0 Å². The number of hydrogen-bond donors (Lipinski definition) is 0. The highest BCUT2D eigenvalue weighted by Gasteiger charge is 2.21. The zero-order valence-corrected chi connectivity index (χ0v) is 17.9. The fourth-order valence-corrected chi connectivity index (χ4v) is 4.30. The Morgan fingerprint density at radius 1 is 1.15 bits per heavy atom. The van der Waals surface area contributed by atoms with Crippen LogP contribution in [0.5, 0.6) is 0 Å². The van der Waals surface area contributed by atoms with Crippen LogP contribution in [0.2, 0.25) is 0 Å². The summed E-state index contributed by atoms with van der Waals surface area (Å²) in [7, 11) is 4.03. The van der Waals surface area contributed by atoms with Gasteiger partial charge in [0.1, 0.15) is 0 Å². The van der Waals surface area contributed by atoms with Gasteiger partial charge in [0.2, 0.25) is 0 Å². The molecule has 0 bridgehead atoms. The van der Waals surface area contributed by atoms with Gasteiger partial charge in [-0.2, -0.15) is 0 Å². The van der Waals surface area contributed by atoms with Crippen molar-refractivity contribution in [1.29, 1.82) is 0 Å². The van der Waals surface area contributed by atoms with Gasteiger partial charge in [0, 0.05) is 23.5 Å². The van der Waals surface area contributed by atoms with Gasteiger partial charge in [-0.25, -0.2) is 4.98 Å². The highest BCUT2D eigenvalue weighted by molar-refractivity contribution is 7.98. The summed E-state index contributed by atoms with van der Waals surface area (Å²) in [4.78, 5) is 23.0. The first-order valence-electron chi connectivity index (χ1n) is 9.02. The SMILES string of the molecule is CCc1ccc2nc(N(CCN(C)C)C(=O)c3cccc(SC)c3)sc2c1. The van der Waals surface area contributed by atoms with E-state index >= 15 is 0 Å². The lowest BCUT2D eigenvalue weighted by atomic mass is 10.2. The number of rotatable bonds is 7. The largest absolute Gasteiger partial charge is 0.308 e. The van der Waals surface area contributed by atoms with E-state index in [9.17, 15) is 4.79 Å². The van der Waals surface area contributed by atoms with Gasteiger partial charge in [-0.05, 0) is 62.7 Å². The third-order valence-corrected chi connectivity index (χ3v) is 6.18. The summed E-state index contributed by atoms with van der Waals surface area (Å²) in [6.45, 7) is 3.54. The van der Waals surface area contributed by atoms with Gasteiger partial charge in [0.25, 0.3) is 5.91 Å². The Bertz CT molecular complexity index is 936. The van der Waals surface area contributed by atoms with Crippen LogP contribution in [0.4, 0.5) is 5.13 Å². The maximum Gasteiger partial charge on any atom is 0.260 e. The average molecular weight is 400 g/mol. The predicted molar refractivity (Wildman–Crippen MR) is 117 cm³/mol. The highest BCUT2D eigenvalue weighted by atomic mass is 32.2. The molecule has 0 saturated carbocycles. The smallest absolute Gasteiger partial charge is 0.260 e. The maximum absolute atomic E-state index is 13.3. The van der Waals surface area contributed by atoms with Crippen molar-refractivity contribution in [3.63, 3.8) is 0 Å². The third kappa shape index (κ3) is 4.69. The Morgan fingerprint density at radius 2 is 1.96 bits per heavy atom. The Hall–Kier alpha value is -1.89. The molecule has 0 spiro atoms. The van der Waals surface area contributed by atoms with Gasteiger partial charge in [-0.1, -0.05) is 30.4 Å². The molecule has 2 aromatic carbocycles. The van der Waals surface area contributed by atoms with Crippen LogP contribution in [0.3, 0.4) is 0 Å². The normalized spacial score (nSPS) is 11.3. The summed E-state index contributed by atoms with van der Waals surface area (Å²) in [5, 5.41) is 0.764. The van der Waals surface area contributed by atoms with Gasteiger partial charge in [-0.15, -0.1) is 11.8 Å². The van der Waals surface area contributed by atoms with Crippen molar-refractivity contribution >= 4 is 44.4 Å². The molecule has 0 fully saturated rings. The zero-order valence-electron chi connectivity index (χ0n) is 16.2. The van der Waals surface area contributed by atoms with E-state index in [4.69, 9.17) is 4.98 Å². The molecule has 27 heavy (non-hydrogen) atoms. The number of carbonyl (C=O) groups excluding carboxylic acids is 1. The number of aromatic nitrogens is 1. The average Bonchev–Trinajstić information content (AvgIpc) is 3.10. The van der Waals surface area contributed by atoms with Crippen molar-refractivity contribution in [3.8, 4) is 0 Å². The molecule has 3 rings (SSSR count). The van der Waals surface area contributed by atoms with Gasteiger partial charge in [0.15, 0.2) is 5.13 Å². The van der Waals surface area contributed by atoms with Crippen molar-refractivity contribution in [3.05, 3.63) is 53.6 Å². The number of thioether (sulfide) groups is 1. The van der Waals surface area contributed by atoms with Crippen LogP contribution in [-0.4, -0.2) is 49.2 Å². The van der Waals surface area contributed by atoms with Gasteiger partial charge in [0.05, 0.1) is 10.2 Å². The molecular weight excluding hydrogens is 374 g/mol. The summed E-state index contributed by atoms with van der Waals surface area (Å²) in [6.07, 6.45) is 3.01. The number of aryl methyl sites for hydroxylation is 1. The molecule has 3 aromatic rings. The molecule has 4 nitrogen and oxygen atoms in total. The zero-order chi connectivity index (χ0) is 19.4. The monoisotopic (exact) mass is 399 g/mol. The van der Waals surface area contributed by atoms with E-state index in [1.165, 1.54) is 5.56 Å².